The van der Waals surface area contributed by atoms with Crippen LogP contribution < -0.4 is 4.74 Å². The van der Waals surface area contributed by atoms with Crippen LogP contribution in [0.25, 0.3) is 0 Å². The van der Waals surface area contributed by atoms with E-state index in [-0.39, 0.29) is 0 Å². The minimum atomic E-state index is -0.592. The first-order valence-corrected chi connectivity index (χ1v) is 10.7. The van der Waals surface area contributed by atoms with Crippen LogP contribution in [-0.2, 0) is 24.0 Å². The summed E-state index contributed by atoms with van der Waals surface area (Å²) >= 11 is 0. The zero-order valence-electron chi connectivity index (χ0n) is 17.4. The summed E-state index contributed by atoms with van der Waals surface area (Å²) in [6, 6.07) is 16.5. The van der Waals surface area contributed by atoms with Crippen LogP contribution in [0.15, 0.2) is 48.5 Å². The van der Waals surface area contributed by atoms with E-state index in [1.54, 1.807) is 0 Å². The number of carbonyl (C=O) groups excluding carboxylic acids is 1. The molecule has 0 spiro atoms. The number of benzene rings is 2. The Morgan fingerprint density at radius 1 is 0.786 bits per heavy atom. The first kappa shape index (κ1) is 22.0. The van der Waals surface area contributed by atoms with E-state index >= 15 is 0 Å². The van der Waals surface area contributed by atoms with Gasteiger partial charge in [-0.25, -0.2) is 4.79 Å². The molecule has 0 aliphatic heterocycles. The molecule has 0 bridgehead atoms. The molecule has 2 aromatic rings. The fraction of sp³-hybridized carbons (Fsp3) is 0.480. The predicted octanol–water partition coefficient (Wildman–Crippen LogP) is 6.91. The molecule has 2 aromatic carbocycles. The smallest absolute Gasteiger partial charge is 0.434 e. The van der Waals surface area contributed by atoms with Crippen LogP contribution in [0.3, 0.4) is 0 Å². The monoisotopic (exact) mass is 382 g/mol. The first-order valence-electron chi connectivity index (χ1n) is 10.7. The molecular formula is C25H34O3. The molecule has 28 heavy (non-hydrogen) atoms. The van der Waals surface area contributed by atoms with Gasteiger partial charge in [-0.15, -0.1) is 0 Å². The van der Waals surface area contributed by atoms with Gasteiger partial charge in [0.25, 0.3) is 0 Å². The lowest BCUT2D eigenvalue weighted by atomic mass is 10.0. The number of aryl methyl sites for hydroxylation is 2. The highest BCUT2D eigenvalue weighted by Gasteiger charge is 2.11. The maximum Gasteiger partial charge on any atom is 0.513 e. The maximum absolute atomic E-state index is 11.9. The Hall–Kier alpha value is -2.29. The van der Waals surface area contributed by atoms with E-state index in [0.717, 1.165) is 37.7 Å². The third kappa shape index (κ3) is 7.75. The molecule has 0 saturated carbocycles. The van der Waals surface area contributed by atoms with Crippen molar-refractivity contribution in [1.29, 1.82) is 0 Å². The second kappa shape index (κ2) is 13.0. The molecule has 2 rings (SSSR count). The molecule has 0 amide bonds. The Bertz CT molecular complexity index is 694. The molecule has 0 aliphatic rings. The van der Waals surface area contributed by atoms with E-state index in [2.05, 4.69) is 50.2 Å². The third-order valence-electron chi connectivity index (χ3n) is 5.08. The fourth-order valence-corrected chi connectivity index (χ4v) is 3.50. The van der Waals surface area contributed by atoms with Crippen LogP contribution in [-0.4, -0.2) is 12.8 Å². The lowest BCUT2D eigenvalue weighted by Gasteiger charge is -2.12. The van der Waals surface area contributed by atoms with Gasteiger partial charge >= 0.3 is 6.16 Å². The Balaban J connectivity index is 1.53. The van der Waals surface area contributed by atoms with Crippen molar-refractivity contribution in [3.05, 3.63) is 65.2 Å². The van der Waals surface area contributed by atoms with Crippen LogP contribution in [0.4, 0.5) is 4.79 Å². The number of hydrogen-bond acceptors (Lipinski definition) is 3. The predicted molar refractivity (Wildman–Crippen MR) is 115 cm³/mol. The number of carbonyl (C=O) groups is 1. The molecule has 0 unspecified atom stereocenters. The number of hydrogen-bond donors (Lipinski definition) is 0. The van der Waals surface area contributed by atoms with Crippen LogP contribution in [0, 0.1) is 0 Å². The zero-order valence-corrected chi connectivity index (χ0v) is 17.4. The average molecular weight is 383 g/mol. The standard InChI is InChI=1S/C25H34O3/c1-3-22-18-14-19-24(23(22)4-2)28-25(26)27-20-13-8-6-5-7-10-15-21-16-11-9-12-17-21/h9,11-12,14,16-19H,3-8,10,13,15,20H2,1-2H3. The van der Waals surface area contributed by atoms with Gasteiger partial charge < -0.3 is 9.47 Å². The van der Waals surface area contributed by atoms with Crippen molar-refractivity contribution in [1.82, 2.24) is 0 Å². The first-order chi connectivity index (χ1) is 13.7. The molecule has 0 heterocycles. The van der Waals surface area contributed by atoms with Crippen LogP contribution in [0.5, 0.6) is 5.75 Å². The molecule has 3 heteroatoms. The minimum Gasteiger partial charge on any atom is -0.434 e. The highest BCUT2D eigenvalue weighted by atomic mass is 16.7. The van der Waals surface area contributed by atoms with Gasteiger partial charge in [0.2, 0.25) is 0 Å². The summed E-state index contributed by atoms with van der Waals surface area (Å²) in [5, 5.41) is 0. The van der Waals surface area contributed by atoms with Gasteiger partial charge in [-0.2, -0.15) is 0 Å². The van der Waals surface area contributed by atoms with E-state index in [4.69, 9.17) is 9.47 Å². The second-order valence-corrected chi connectivity index (χ2v) is 7.16. The van der Waals surface area contributed by atoms with Crippen LogP contribution in [0.1, 0.15) is 69.1 Å². The number of ether oxygens (including phenoxy) is 2. The van der Waals surface area contributed by atoms with E-state index < -0.39 is 6.16 Å². The normalized spacial score (nSPS) is 10.6. The number of unbranched alkanes of at least 4 members (excludes halogenated alkanes) is 5. The van der Waals surface area contributed by atoms with Gasteiger partial charge in [0.1, 0.15) is 5.75 Å². The van der Waals surface area contributed by atoms with Crippen molar-refractivity contribution in [2.45, 2.75) is 71.6 Å². The summed E-state index contributed by atoms with van der Waals surface area (Å²) in [6.07, 6.45) is 9.24. The van der Waals surface area contributed by atoms with Gasteiger partial charge in [-0.05, 0) is 54.9 Å². The SMILES string of the molecule is CCc1cccc(OC(=O)OCCCCCCCCc2ccccc2)c1CC. The largest absolute Gasteiger partial charge is 0.513 e. The molecule has 152 valence electrons. The number of rotatable bonds is 12. The summed E-state index contributed by atoms with van der Waals surface area (Å²) in [4.78, 5) is 11.9. The molecule has 0 aliphatic carbocycles. The van der Waals surface area contributed by atoms with Crippen molar-refractivity contribution >= 4 is 6.16 Å². The van der Waals surface area contributed by atoms with Crippen LogP contribution in [0.2, 0.25) is 0 Å². The van der Waals surface area contributed by atoms with Gasteiger partial charge in [0.15, 0.2) is 0 Å². The zero-order chi connectivity index (χ0) is 20.0. The van der Waals surface area contributed by atoms with Crippen molar-refractivity contribution < 1.29 is 14.3 Å². The van der Waals surface area contributed by atoms with Crippen LogP contribution >= 0.6 is 0 Å². The maximum atomic E-state index is 11.9. The van der Waals surface area contributed by atoms with Crippen molar-refractivity contribution in [2.24, 2.45) is 0 Å². The van der Waals surface area contributed by atoms with Crippen molar-refractivity contribution in [3.8, 4) is 5.75 Å². The van der Waals surface area contributed by atoms with E-state index in [1.165, 1.54) is 36.8 Å². The molecule has 0 aromatic heterocycles. The Morgan fingerprint density at radius 3 is 2.21 bits per heavy atom. The van der Waals surface area contributed by atoms with Gasteiger partial charge in [0, 0.05) is 0 Å². The second-order valence-electron chi connectivity index (χ2n) is 7.16. The molecule has 0 saturated heterocycles. The third-order valence-corrected chi connectivity index (χ3v) is 5.08. The van der Waals surface area contributed by atoms with Gasteiger partial charge in [-0.3, -0.25) is 0 Å². The summed E-state index contributed by atoms with van der Waals surface area (Å²) in [5.74, 6) is 0.630. The molecule has 0 atom stereocenters. The summed E-state index contributed by atoms with van der Waals surface area (Å²) in [6.45, 7) is 4.61. The fourth-order valence-electron chi connectivity index (χ4n) is 3.50. The quantitative estimate of drug-likeness (QED) is 0.227. The minimum absolute atomic E-state index is 0.428. The van der Waals surface area contributed by atoms with Gasteiger partial charge in [0.05, 0.1) is 6.61 Å². The van der Waals surface area contributed by atoms with Crippen molar-refractivity contribution in [3.63, 3.8) is 0 Å². The van der Waals surface area contributed by atoms with Gasteiger partial charge in [-0.1, -0.05) is 82.0 Å². The summed E-state index contributed by atoms with van der Waals surface area (Å²) in [5.41, 5.74) is 3.74. The van der Waals surface area contributed by atoms with Crippen molar-refractivity contribution in [2.75, 3.05) is 6.61 Å². The Morgan fingerprint density at radius 2 is 1.50 bits per heavy atom. The highest BCUT2D eigenvalue weighted by molar-refractivity contribution is 5.64. The highest BCUT2D eigenvalue weighted by Crippen LogP contribution is 2.24. The Labute approximate surface area is 170 Å². The molecule has 3 nitrogen and oxygen atoms in total. The lowest BCUT2D eigenvalue weighted by molar-refractivity contribution is 0.0969. The Kier molecular flexibility index (Phi) is 10.2. The molecule has 0 radical (unpaired) electrons. The summed E-state index contributed by atoms with van der Waals surface area (Å²) < 4.78 is 10.7. The topological polar surface area (TPSA) is 35.5 Å². The van der Waals surface area contributed by atoms with E-state index in [9.17, 15) is 4.79 Å². The molecule has 0 fully saturated rings. The lowest BCUT2D eigenvalue weighted by Crippen LogP contribution is -2.13. The average Bonchev–Trinajstić information content (AvgIpc) is 2.73. The molecule has 0 N–H and O–H groups in total. The van der Waals surface area contributed by atoms with E-state index in [1.807, 2.05) is 12.1 Å². The molecular weight excluding hydrogens is 348 g/mol. The summed E-state index contributed by atoms with van der Waals surface area (Å²) in [7, 11) is 0. The van der Waals surface area contributed by atoms with E-state index in [0.29, 0.717) is 12.4 Å².